The zero-order valence-corrected chi connectivity index (χ0v) is 25.5. The van der Waals surface area contributed by atoms with Gasteiger partial charge in [0.1, 0.15) is 23.5 Å². The number of carboxylic acids is 1. The van der Waals surface area contributed by atoms with Crippen molar-refractivity contribution < 1.29 is 24.2 Å². The van der Waals surface area contributed by atoms with E-state index < -0.39 is 17.7 Å². The molecule has 0 aliphatic carbocycles. The molecular formula is C35H40N2O5. The zero-order valence-electron chi connectivity index (χ0n) is 25.5. The normalized spacial score (nSPS) is 11.5. The lowest BCUT2D eigenvalue weighted by molar-refractivity contribution is 0.0523. The van der Waals surface area contributed by atoms with Crippen LogP contribution in [0.3, 0.4) is 0 Å². The van der Waals surface area contributed by atoms with Gasteiger partial charge in [0.2, 0.25) is 0 Å². The van der Waals surface area contributed by atoms with Gasteiger partial charge in [-0.15, -0.1) is 0 Å². The van der Waals surface area contributed by atoms with E-state index in [9.17, 15) is 14.7 Å². The van der Waals surface area contributed by atoms with Gasteiger partial charge in [-0.05, 0) is 81.0 Å². The third kappa shape index (κ3) is 7.46. The van der Waals surface area contributed by atoms with Crippen molar-refractivity contribution in [2.24, 2.45) is 5.92 Å². The van der Waals surface area contributed by atoms with Crippen LogP contribution >= 0.6 is 0 Å². The van der Waals surface area contributed by atoms with Crippen molar-refractivity contribution in [2.45, 2.75) is 73.6 Å². The molecule has 4 rings (SSSR count). The van der Waals surface area contributed by atoms with Crippen molar-refractivity contribution in [3.8, 4) is 16.9 Å². The van der Waals surface area contributed by atoms with E-state index in [-0.39, 0.29) is 24.5 Å². The fourth-order valence-electron chi connectivity index (χ4n) is 4.97. The van der Waals surface area contributed by atoms with Gasteiger partial charge in [0.25, 0.3) is 0 Å². The van der Waals surface area contributed by atoms with E-state index in [1.807, 2.05) is 58.9 Å². The van der Waals surface area contributed by atoms with E-state index in [0.29, 0.717) is 5.92 Å². The van der Waals surface area contributed by atoms with E-state index in [0.717, 1.165) is 56.4 Å². The molecule has 0 fully saturated rings. The molecule has 42 heavy (non-hydrogen) atoms. The van der Waals surface area contributed by atoms with E-state index in [4.69, 9.17) is 14.5 Å². The van der Waals surface area contributed by atoms with Crippen molar-refractivity contribution in [3.05, 3.63) is 94.3 Å². The Morgan fingerprint density at radius 1 is 0.952 bits per heavy atom. The van der Waals surface area contributed by atoms with Gasteiger partial charge < -0.3 is 19.9 Å². The summed E-state index contributed by atoms with van der Waals surface area (Å²) in [6, 6.07) is 19.2. The average Bonchev–Trinajstić information content (AvgIpc) is 2.90. The first-order valence-corrected chi connectivity index (χ1v) is 14.3. The first-order valence-electron chi connectivity index (χ1n) is 14.3. The molecule has 0 spiro atoms. The van der Waals surface area contributed by atoms with Crippen molar-refractivity contribution in [1.82, 2.24) is 10.3 Å². The molecule has 0 saturated heterocycles. The molecule has 3 aromatic carbocycles. The average molecular weight is 569 g/mol. The lowest BCUT2D eigenvalue weighted by Gasteiger charge is -2.24. The number of alkyl carbamates (subject to hydrolysis) is 1. The summed E-state index contributed by atoms with van der Waals surface area (Å²) in [5, 5.41) is 14.6. The maximum absolute atomic E-state index is 12.7. The van der Waals surface area contributed by atoms with Crippen LogP contribution in [-0.4, -0.2) is 27.8 Å². The van der Waals surface area contributed by atoms with Crippen LogP contribution in [0.15, 0.2) is 60.7 Å². The molecule has 7 nitrogen and oxygen atoms in total. The second-order valence-electron chi connectivity index (χ2n) is 12.1. The number of aryl methyl sites for hydroxylation is 2. The van der Waals surface area contributed by atoms with Gasteiger partial charge in [-0.25, -0.2) is 9.59 Å². The number of nitrogens with zero attached hydrogens (tertiary/aromatic N) is 1. The molecule has 0 unspecified atom stereocenters. The number of nitrogens with one attached hydrogen (secondary N) is 1. The molecule has 0 aliphatic heterocycles. The second kappa shape index (κ2) is 12.6. The Morgan fingerprint density at radius 3 is 2.19 bits per heavy atom. The third-order valence-electron chi connectivity index (χ3n) is 6.89. The minimum Gasteiger partial charge on any atom is -0.488 e. The number of rotatable bonds is 9. The van der Waals surface area contributed by atoms with Crippen LogP contribution in [0.2, 0.25) is 0 Å². The number of pyridine rings is 1. The Morgan fingerprint density at radius 2 is 1.60 bits per heavy atom. The van der Waals surface area contributed by atoms with Crippen molar-refractivity contribution in [1.29, 1.82) is 0 Å². The summed E-state index contributed by atoms with van der Waals surface area (Å²) in [6.07, 6.45) is 0.216. The number of carboxylic acid groups (broad SMARTS) is 1. The number of fused-ring (bicyclic) bond motifs is 1. The number of hydrogen-bond acceptors (Lipinski definition) is 5. The number of carbonyl (C=O) groups excluding carboxylic acids is 1. The van der Waals surface area contributed by atoms with Crippen LogP contribution in [0, 0.1) is 19.8 Å². The number of amides is 1. The number of hydrogen-bond donors (Lipinski definition) is 2. The second-order valence-corrected chi connectivity index (χ2v) is 12.1. The summed E-state index contributed by atoms with van der Waals surface area (Å²) in [4.78, 5) is 29.9. The fraction of sp³-hybridized carbons (Fsp3) is 0.343. The summed E-state index contributed by atoms with van der Waals surface area (Å²) >= 11 is 0. The number of ether oxygens (including phenoxy) is 2. The molecule has 0 aliphatic rings. The van der Waals surface area contributed by atoms with E-state index in [2.05, 4.69) is 43.4 Å². The van der Waals surface area contributed by atoms with Crippen LogP contribution < -0.4 is 10.1 Å². The zero-order chi connectivity index (χ0) is 30.6. The standard InChI is InChI=1S/C35H40N2O5/c1-21(2)16-30-28(19-36-34(40)42-35(5,6)7)32(24-14-12-22(3)13-15-24)29(23(4)37-30)20-41-31-18-26-11-9-8-10-25(26)17-27(31)33(38)39/h8-15,17-18,21H,16,19-20H2,1-7H3,(H,36,40)(H,38,39). The summed E-state index contributed by atoms with van der Waals surface area (Å²) in [7, 11) is 0. The number of aromatic carboxylic acids is 1. The van der Waals surface area contributed by atoms with Crippen molar-refractivity contribution in [3.63, 3.8) is 0 Å². The van der Waals surface area contributed by atoms with Gasteiger partial charge in [0.05, 0.1) is 0 Å². The highest BCUT2D eigenvalue weighted by atomic mass is 16.6. The lowest BCUT2D eigenvalue weighted by atomic mass is 9.90. The Kier molecular flexibility index (Phi) is 9.20. The molecule has 1 amide bonds. The predicted octanol–water partition coefficient (Wildman–Crippen LogP) is 8.02. The molecule has 7 heteroatoms. The topological polar surface area (TPSA) is 97.8 Å². The van der Waals surface area contributed by atoms with Gasteiger partial charge in [-0.2, -0.15) is 0 Å². The Balaban J connectivity index is 1.83. The molecular weight excluding hydrogens is 528 g/mol. The van der Waals surface area contributed by atoms with Crippen LogP contribution in [0.25, 0.3) is 21.9 Å². The SMILES string of the molecule is Cc1ccc(-c2c(COc3cc4ccccc4cc3C(=O)O)c(C)nc(CC(C)C)c2CNC(=O)OC(C)(C)C)cc1. The van der Waals surface area contributed by atoms with Gasteiger partial charge in [-0.3, -0.25) is 4.98 Å². The minimum atomic E-state index is -1.06. The number of aromatic nitrogens is 1. The predicted molar refractivity (Wildman–Crippen MR) is 166 cm³/mol. The molecule has 220 valence electrons. The molecule has 0 saturated carbocycles. The maximum atomic E-state index is 12.7. The van der Waals surface area contributed by atoms with Crippen LogP contribution in [0.4, 0.5) is 4.79 Å². The summed E-state index contributed by atoms with van der Waals surface area (Å²) in [5.41, 5.74) is 5.89. The Hall–Kier alpha value is -4.39. The van der Waals surface area contributed by atoms with Crippen molar-refractivity contribution >= 4 is 22.8 Å². The maximum Gasteiger partial charge on any atom is 0.407 e. The summed E-state index contributed by atoms with van der Waals surface area (Å²) in [6.45, 7) is 14.1. The first kappa shape index (κ1) is 30.6. The minimum absolute atomic E-state index is 0.0967. The van der Waals surface area contributed by atoms with Gasteiger partial charge in [-0.1, -0.05) is 67.9 Å². The van der Waals surface area contributed by atoms with Gasteiger partial charge in [0.15, 0.2) is 0 Å². The monoisotopic (exact) mass is 568 g/mol. The highest BCUT2D eigenvalue weighted by molar-refractivity contribution is 5.97. The van der Waals surface area contributed by atoms with Crippen LogP contribution in [-0.2, 0) is 24.3 Å². The highest BCUT2D eigenvalue weighted by Gasteiger charge is 2.23. The quantitative estimate of drug-likeness (QED) is 0.212. The van der Waals surface area contributed by atoms with Crippen LogP contribution in [0.5, 0.6) is 5.75 Å². The molecule has 1 aromatic heterocycles. The molecule has 1 heterocycles. The number of carbonyl (C=O) groups is 2. The highest BCUT2D eigenvalue weighted by Crippen LogP contribution is 2.35. The Labute approximate surface area is 247 Å². The van der Waals surface area contributed by atoms with Crippen molar-refractivity contribution in [2.75, 3.05) is 0 Å². The summed E-state index contributed by atoms with van der Waals surface area (Å²) in [5.74, 6) is -0.435. The molecule has 0 radical (unpaired) electrons. The van der Waals surface area contributed by atoms with E-state index in [1.54, 1.807) is 12.1 Å². The third-order valence-corrected chi connectivity index (χ3v) is 6.89. The van der Waals surface area contributed by atoms with Gasteiger partial charge >= 0.3 is 12.1 Å². The number of benzene rings is 3. The largest absolute Gasteiger partial charge is 0.488 e. The van der Waals surface area contributed by atoms with Gasteiger partial charge in [0, 0.05) is 29.1 Å². The van der Waals surface area contributed by atoms with E-state index >= 15 is 0 Å². The Bertz CT molecular complexity index is 1600. The summed E-state index contributed by atoms with van der Waals surface area (Å²) < 4.78 is 11.8. The first-order chi connectivity index (χ1) is 19.8. The van der Waals surface area contributed by atoms with E-state index in [1.165, 1.54) is 0 Å². The lowest BCUT2D eigenvalue weighted by Crippen LogP contribution is -2.32. The molecule has 0 bridgehead atoms. The fourth-order valence-corrected chi connectivity index (χ4v) is 4.97. The molecule has 0 atom stereocenters. The van der Waals surface area contributed by atoms with Crippen LogP contribution in [0.1, 0.15) is 73.1 Å². The smallest absolute Gasteiger partial charge is 0.407 e. The molecule has 4 aromatic rings. The molecule has 2 N–H and O–H groups in total.